The zero-order valence-corrected chi connectivity index (χ0v) is 20.3. The van der Waals surface area contributed by atoms with Gasteiger partial charge in [-0.2, -0.15) is 0 Å². The third-order valence-corrected chi connectivity index (χ3v) is 6.24. The molecule has 4 rings (SSSR count). The molecule has 8 heteroatoms. The average Bonchev–Trinajstić information content (AvgIpc) is 2.89. The molecule has 3 aromatic carbocycles. The van der Waals surface area contributed by atoms with Gasteiger partial charge in [0.15, 0.2) is 23.0 Å². The minimum atomic E-state index is -0.359. The van der Waals surface area contributed by atoms with E-state index >= 15 is 0 Å². The number of hydrogen-bond acceptors (Lipinski definition) is 5. The minimum Gasteiger partial charge on any atom is -0.493 e. The second-order valence-electron chi connectivity index (χ2n) is 8.20. The van der Waals surface area contributed by atoms with Gasteiger partial charge in [0.25, 0.3) is 0 Å². The highest BCUT2D eigenvalue weighted by Gasteiger charge is 2.32. The SMILES string of the molecule is COc1ccc(CC2c3cc(OC)c(OC)cc3CCN2C(=O)Nc2ccc(F)cc2)cc1OC. The fraction of sp³-hybridized carbons (Fsp3) is 0.296. The van der Waals surface area contributed by atoms with Crippen molar-refractivity contribution in [3.05, 3.63) is 77.1 Å². The number of anilines is 1. The molecule has 0 bridgehead atoms. The summed E-state index contributed by atoms with van der Waals surface area (Å²) in [5.41, 5.74) is 3.59. The van der Waals surface area contributed by atoms with Crippen molar-refractivity contribution in [2.24, 2.45) is 0 Å². The van der Waals surface area contributed by atoms with Crippen molar-refractivity contribution in [1.82, 2.24) is 4.90 Å². The molecule has 1 atom stereocenters. The van der Waals surface area contributed by atoms with E-state index in [1.165, 1.54) is 12.1 Å². The largest absolute Gasteiger partial charge is 0.493 e. The normalized spacial score (nSPS) is 14.7. The molecule has 35 heavy (non-hydrogen) atoms. The van der Waals surface area contributed by atoms with Gasteiger partial charge in [0.1, 0.15) is 5.82 Å². The number of benzene rings is 3. The van der Waals surface area contributed by atoms with Gasteiger partial charge < -0.3 is 29.2 Å². The second kappa shape index (κ2) is 10.5. The molecule has 0 saturated carbocycles. The van der Waals surface area contributed by atoms with E-state index in [-0.39, 0.29) is 17.9 Å². The topological polar surface area (TPSA) is 69.3 Å². The number of amides is 2. The lowest BCUT2D eigenvalue weighted by Gasteiger charge is -2.38. The number of carbonyl (C=O) groups excluding carboxylic acids is 1. The highest BCUT2D eigenvalue weighted by molar-refractivity contribution is 5.90. The number of nitrogens with zero attached hydrogens (tertiary/aromatic N) is 1. The Hall–Kier alpha value is -3.94. The van der Waals surface area contributed by atoms with Crippen molar-refractivity contribution in [1.29, 1.82) is 0 Å². The number of methoxy groups -OCH3 is 4. The zero-order chi connectivity index (χ0) is 24.9. The highest BCUT2D eigenvalue weighted by Crippen LogP contribution is 2.40. The van der Waals surface area contributed by atoms with E-state index in [2.05, 4.69) is 5.32 Å². The van der Waals surface area contributed by atoms with Gasteiger partial charge in [0, 0.05) is 12.2 Å². The average molecular weight is 481 g/mol. The summed E-state index contributed by atoms with van der Waals surface area (Å²) in [7, 11) is 6.39. The van der Waals surface area contributed by atoms with Gasteiger partial charge in [-0.15, -0.1) is 0 Å². The number of urea groups is 1. The van der Waals surface area contributed by atoms with Crippen LogP contribution in [0.25, 0.3) is 0 Å². The Morgan fingerprint density at radius 1 is 0.886 bits per heavy atom. The van der Waals surface area contributed by atoms with Gasteiger partial charge in [0.2, 0.25) is 0 Å². The second-order valence-corrected chi connectivity index (χ2v) is 8.20. The van der Waals surface area contributed by atoms with Crippen LogP contribution in [0.3, 0.4) is 0 Å². The molecule has 1 aliphatic heterocycles. The van der Waals surface area contributed by atoms with Crippen molar-refractivity contribution in [2.75, 3.05) is 40.3 Å². The van der Waals surface area contributed by atoms with E-state index in [1.807, 2.05) is 30.3 Å². The van der Waals surface area contributed by atoms with Crippen molar-refractivity contribution in [3.8, 4) is 23.0 Å². The number of rotatable bonds is 7. The summed E-state index contributed by atoms with van der Waals surface area (Å²) in [5.74, 6) is 2.15. The van der Waals surface area contributed by atoms with Gasteiger partial charge in [-0.1, -0.05) is 6.07 Å². The first-order valence-corrected chi connectivity index (χ1v) is 11.3. The smallest absolute Gasteiger partial charge is 0.322 e. The Balaban J connectivity index is 1.71. The van der Waals surface area contributed by atoms with Crippen LogP contribution in [0.2, 0.25) is 0 Å². The molecule has 1 aliphatic rings. The molecular weight excluding hydrogens is 451 g/mol. The lowest BCUT2D eigenvalue weighted by atomic mass is 9.88. The standard InChI is InChI=1S/C27H29FN2O5/c1-32-23-10-5-17(14-24(23)33-2)13-22-21-16-26(35-4)25(34-3)15-18(21)11-12-30(22)27(31)29-20-8-6-19(28)7-9-20/h5-10,14-16,22H,11-13H2,1-4H3,(H,29,31). The maximum Gasteiger partial charge on any atom is 0.322 e. The maximum absolute atomic E-state index is 13.4. The van der Waals surface area contributed by atoms with Crippen molar-refractivity contribution < 1.29 is 28.1 Å². The molecule has 7 nitrogen and oxygen atoms in total. The summed E-state index contributed by atoms with van der Waals surface area (Å²) < 4.78 is 35.2. The molecule has 0 spiro atoms. The molecule has 0 fully saturated rings. The fourth-order valence-corrected chi connectivity index (χ4v) is 4.45. The first kappa shape index (κ1) is 24.2. The maximum atomic E-state index is 13.4. The molecule has 1 heterocycles. The summed E-state index contributed by atoms with van der Waals surface area (Å²) >= 11 is 0. The lowest BCUT2D eigenvalue weighted by molar-refractivity contribution is 0.181. The zero-order valence-electron chi connectivity index (χ0n) is 20.3. The van der Waals surface area contributed by atoms with Gasteiger partial charge in [-0.05, 0) is 78.1 Å². The van der Waals surface area contributed by atoms with Crippen molar-refractivity contribution >= 4 is 11.7 Å². The Morgan fingerprint density at radius 3 is 2.17 bits per heavy atom. The van der Waals surface area contributed by atoms with Crippen molar-refractivity contribution in [3.63, 3.8) is 0 Å². The van der Waals surface area contributed by atoms with Crippen molar-refractivity contribution in [2.45, 2.75) is 18.9 Å². The predicted octanol–water partition coefficient (Wildman–Crippen LogP) is 5.23. The van der Waals surface area contributed by atoms with Gasteiger partial charge >= 0.3 is 6.03 Å². The number of nitrogens with one attached hydrogen (secondary N) is 1. The fourth-order valence-electron chi connectivity index (χ4n) is 4.45. The summed E-state index contributed by atoms with van der Waals surface area (Å²) in [6.45, 7) is 0.507. The van der Waals surface area contributed by atoms with Gasteiger partial charge in [0.05, 0.1) is 34.5 Å². The first-order chi connectivity index (χ1) is 17.0. The van der Waals surface area contributed by atoms with Crippen LogP contribution in [0.1, 0.15) is 22.7 Å². The molecule has 0 radical (unpaired) electrons. The van der Waals surface area contributed by atoms with Crippen LogP contribution in [-0.4, -0.2) is 45.9 Å². The predicted molar refractivity (Wildman–Crippen MR) is 131 cm³/mol. The summed E-state index contributed by atoms with van der Waals surface area (Å²) in [6, 6.07) is 14.8. The molecule has 3 aromatic rings. The van der Waals surface area contributed by atoms with Crippen LogP contribution in [0.4, 0.5) is 14.9 Å². The quantitative estimate of drug-likeness (QED) is 0.501. The number of hydrogen-bond donors (Lipinski definition) is 1. The van der Waals surface area contributed by atoms with E-state index in [0.717, 1.165) is 16.7 Å². The Morgan fingerprint density at radius 2 is 1.51 bits per heavy atom. The van der Waals surface area contributed by atoms with Crippen LogP contribution in [-0.2, 0) is 12.8 Å². The number of ether oxygens (including phenoxy) is 4. The lowest BCUT2D eigenvalue weighted by Crippen LogP contribution is -2.43. The highest BCUT2D eigenvalue weighted by atomic mass is 19.1. The minimum absolute atomic E-state index is 0.262. The van der Waals surface area contributed by atoms with Crippen LogP contribution < -0.4 is 24.3 Å². The Bertz CT molecular complexity index is 1200. The Kier molecular flexibility index (Phi) is 7.29. The number of fused-ring (bicyclic) bond motifs is 1. The number of carbonyl (C=O) groups is 1. The summed E-state index contributed by atoms with van der Waals surface area (Å²) in [6.07, 6.45) is 1.20. The van der Waals surface area contributed by atoms with E-state index in [4.69, 9.17) is 18.9 Å². The molecule has 0 saturated heterocycles. The number of halogens is 1. The monoisotopic (exact) mass is 480 g/mol. The van der Waals surface area contributed by atoms with E-state index in [0.29, 0.717) is 48.1 Å². The molecule has 0 aliphatic carbocycles. The van der Waals surface area contributed by atoms with Crippen LogP contribution in [0.15, 0.2) is 54.6 Å². The van der Waals surface area contributed by atoms with E-state index < -0.39 is 0 Å². The molecular formula is C27H29FN2O5. The van der Waals surface area contributed by atoms with Crippen LogP contribution >= 0.6 is 0 Å². The third-order valence-electron chi connectivity index (χ3n) is 6.24. The van der Waals surface area contributed by atoms with Gasteiger partial charge in [-0.25, -0.2) is 9.18 Å². The molecule has 1 unspecified atom stereocenters. The van der Waals surface area contributed by atoms with Gasteiger partial charge in [-0.3, -0.25) is 0 Å². The third kappa shape index (κ3) is 5.11. The first-order valence-electron chi connectivity index (χ1n) is 11.3. The Labute approximate surface area is 204 Å². The molecule has 2 amide bonds. The molecule has 0 aromatic heterocycles. The van der Waals surface area contributed by atoms with E-state index in [1.54, 1.807) is 45.5 Å². The van der Waals surface area contributed by atoms with Crippen LogP contribution in [0.5, 0.6) is 23.0 Å². The van der Waals surface area contributed by atoms with E-state index in [9.17, 15) is 9.18 Å². The summed E-state index contributed by atoms with van der Waals surface area (Å²) in [5, 5.41) is 2.90. The summed E-state index contributed by atoms with van der Waals surface area (Å²) in [4.78, 5) is 15.2. The molecule has 184 valence electrons. The molecule has 1 N–H and O–H groups in total. The van der Waals surface area contributed by atoms with Crippen LogP contribution in [0, 0.1) is 5.82 Å².